The van der Waals surface area contributed by atoms with Gasteiger partial charge in [0, 0.05) is 16.2 Å². The quantitative estimate of drug-likeness (QED) is 0.131. The molecule has 1 heteroatoms. The fourth-order valence-corrected chi connectivity index (χ4v) is 10.0. The minimum absolute atomic E-state index is 0.891. The lowest BCUT2D eigenvalue weighted by Gasteiger charge is -2.17. The van der Waals surface area contributed by atoms with Gasteiger partial charge in [0.15, 0.2) is 0 Å². The lowest BCUT2D eigenvalue weighted by Crippen LogP contribution is -1.91. The van der Waals surface area contributed by atoms with Crippen molar-refractivity contribution in [2.24, 2.45) is 0 Å². The molecule has 12 aromatic carbocycles. The van der Waals surface area contributed by atoms with Crippen molar-refractivity contribution < 1.29 is 4.42 Å². The van der Waals surface area contributed by atoms with Crippen molar-refractivity contribution in [1.29, 1.82) is 0 Å². The average Bonchev–Trinajstić information content (AvgIpc) is 3.66. The minimum Gasteiger partial charge on any atom is -0.455 e. The predicted molar refractivity (Wildman–Crippen MR) is 244 cm³/mol. The third-order valence-electron chi connectivity index (χ3n) is 12.6. The fourth-order valence-electron chi connectivity index (χ4n) is 10.0. The summed E-state index contributed by atoms with van der Waals surface area (Å²) in [4.78, 5) is 0. The second-order valence-electron chi connectivity index (χ2n) is 15.5. The highest BCUT2D eigenvalue weighted by Crippen LogP contribution is 2.48. The number of hydrogen-bond donors (Lipinski definition) is 0. The summed E-state index contributed by atoms with van der Waals surface area (Å²) in [7, 11) is 0. The van der Waals surface area contributed by atoms with E-state index in [9.17, 15) is 0 Å². The van der Waals surface area contributed by atoms with Gasteiger partial charge in [-0.1, -0.05) is 170 Å². The molecule has 1 nitrogen and oxygen atoms in total. The van der Waals surface area contributed by atoms with Crippen molar-refractivity contribution in [2.75, 3.05) is 0 Å². The van der Waals surface area contributed by atoms with Crippen molar-refractivity contribution in [3.63, 3.8) is 0 Å². The van der Waals surface area contributed by atoms with E-state index >= 15 is 0 Å². The van der Waals surface area contributed by atoms with Gasteiger partial charge in [-0.25, -0.2) is 0 Å². The Kier molecular flexibility index (Phi) is 6.23. The van der Waals surface area contributed by atoms with Crippen LogP contribution >= 0.6 is 0 Å². The van der Waals surface area contributed by atoms with Crippen LogP contribution < -0.4 is 0 Å². The van der Waals surface area contributed by atoms with Crippen LogP contribution in [0.15, 0.2) is 199 Å². The first-order valence-corrected chi connectivity index (χ1v) is 19.7. The molecule has 0 saturated carbocycles. The van der Waals surface area contributed by atoms with E-state index in [4.69, 9.17) is 4.42 Å². The van der Waals surface area contributed by atoms with Gasteiger partial charge >= 0.3 is 0 Å². The maximum Gasteiger partial charge on any atom is 0.143 e. The average molecular weight is 721 g/mol. The molecule has 0 bridgehead atoms. The normalized spacial score (nSPS) is 12.2. The number of benzene rings is 12. The molecule has 13 aromatic rings. The summed E-state index contributed by atoms with van der Waals surface area (Å²) < 4.78 is 7.20. The van der Waals surface area contributed by atoms with Crippen molar-refractivity contribution >= 4 is 97.3 Å². The van der Waals surface area contributed by atoms with Crippen LogP contribution in [0.5, 0.6) is 0 Å². The molecule has 262 valence electrons. The zero-order chi connectivity index (χ0) is 37.2. The summed E-state index contributed by atoms with van der Waals surface area (Å²) in [6.45, 7) is 0. The molecule has 0 radical (unpaired) electrons. The van der Waals surface area contributed by atoms with E-state index < -0.39 is 0 Å². The summed E-state index contributed by atoms with van der Waals surface area (Å²) in [5.74, 6) is 0. The highest BCUT2D eigenvalue weighted by Gasteiger charge is 2.22. The SMILES string of the molecule is c1ccc(-c2cccc3c2ccc2c3oc3cc(-c4c5ccccc5cc5c4ccc4ccccc45)cc(-c4ccc5ccc6cccc7ccc4c5c67)c32)cc1. The van der Waals surface area contributed by atoms with E-state index in [1.165, 1.54) is 97.8 Å². The largest absolute Gasteiger partial charge is 0.455 e. The van der Waals surface area contributed by atoms with Gasteiger partial charge in [0.05, 0.1) is 0 Å². The Balaban J connectivity index is 1.19. The van der Waals surface area contributed by atoms with Crippen molar-refractivity contribution in [3.8, 4) is 33.4 Å². The van der Waals surface area contributed by atoms with Crippen LogP contribution in [0.25, 0.3) is 131 Å². The number of hydrogen-bond acceptors (Lipinski definition) is 1. The third kappa shape index (κ3) is 4.34. The number of furan rings is 1. The van der Waals surface area contributed by atoms with Crippen LogP contribution in [0.2, 0.25) is 0 Å². The van der Waals surface area contributed by atoms with Crippen LogP contribution in [0, 0.1) is 0 Å². The Morgan fingerprint density at radius 3 is 1.77 bits per heavy atom. The zero-order valence-corrected chi connectivity index (χ0v) is 30.9. The Morgan fingerprint density at radius 2 is 0.895 bits per heavy atom. The van der Waals surface area contributed by atoms with E-state index in [1.54, 1.807) is 0 Å². The van der Waals surface area contributed by atoms with E-state index in [0.717, 1.165) is 32.9 Å². The van der Waals surface area contributed by atoms with Gasteiger partial charge in [-0.15, -0.1) is 0 Å². The van der Waals surface area contributed by atoms with Crippen LogP contribution in [0.4, 0.5) is 0 Å². The summed E-state index contributed by atoms with van der Waals surface area (Å²) in [5.41, 5.74) is 8.99. The lowest BCUT2D eigenvalue weighted by molar-refractivity contribution is 0.673. The van der Waals surface area contributed by atoms with Gasteiger partial charge in [-0.2, -0.15) is 0 Å². The maximum atomic E-state index is 7.20. The standard InChI is InChI=1S/C56H32O/c1-2-10-33(11-3-1)40-18-9-19-47-43(40)28-29-48-55-50(44-25-23-37-21-20-35-14-8-15-36-24-27-45(44)54(37)52(35)36)31-39(32-51(55)57-56(47)48)53-42-17-7-5-13-38(42)30-49-41-16-6-4-12-34(41)22-26-46(49)53/h1-32H. The summed E-state index contributed by atoms with van der Waals surface area (Å²) in [5, 5.41) is 19.7. The van der Waals surface area contributed by atoms with E-state index in [0.29, 0.717) is 0 Å². The summed E-state index contributed by atoms with van der Waals surface area (Å²) in [6, 6.07) is 71.6. The zero-order valence-electron chi connectivity index (χ0n) is 30.9. The van der Waals surface area contributed by atoms with E-state index in [-0.39, 0.29) is 0 Å². The van der Waals surface area contributed by atoms with Crippen LogP contribution in [-0.4, -0.2) is 0 Å². The van der Waals surface area contributed by atoms with Crippen molar-refractivity contribution in [1.82, 2.24) is 0 Å². The second-order valence-corrected chi connectivity index (χ2v) is 15.5. The Morgan fingerprint density at radius 1 is 0.263 bits per heavy atom. The molecule has 0 aliphatic carbocycles. The Hall–Kier alpha value is -7.48. The molecule has 0 atom stereocenters. The molecule has 1 heterocycles. The van der Waals surface area contributed by atoms with Gasteiger partial charge in [0.2, 0.25) is 0 Å². The highest BCUT2D eigenvalue weighted by atomic mass is 16.3. The topological polar surface area (TPSA) is 13.1 Å². The number of fused-ring (bicyclic) bond motifs is 9. The predicted octanol–water partition coefficient (Wildman–Crippen LogP) is 16.1. The second kappa shape index (κ2) is 11.5. The molecule has 1 aromatic heterocycles. The molecule has 13 rings (SSSR count). The van der Waals surface area contributed by atoms with Crippen molar-refractivity contribution in [2.45, 2.75) is 0 Å². The van der Waals surface area contributed by atoms with E-state index in [1.807, 2.05) is 0 Å². The van der Waals surface area contributed by atoms with Gasteiger partial charge in [0.25, 0.3) is 0 Å². The Labute approximate surface area is 328 Å². The molecule has 0 aliphatic heterocycles. The van der Waals surface area contributed by atoms with Gasteiger partial charge in [0.1, 0.15) is 11.2 Å². The van der Waals surface area contributed by atoms with Crippen molar-refractivity contribution in [3.05, 3.63) is 194 Å². The monoisotopic (exact) mass is 720 g/mol. The maximum absolute atomic E-state index is 7.20. The van der Waals surface area contributed by atoms with Crippen LogP contribution in [-0.2, 0) is 0 Å². The fraction of sp³-hybridized carbons (Fsp3) is 0. The molecule has 0 N–H and O–H groups in total. The molecule has 0 aliphatic rings. The first kappa shape index (κ1) is 30.8. The summed E-state index contributed by atoms with van der Waals surface area (Å²) in [6.07, 6.45) is 0. The molecular weight excluding hydrogens is 689 g/mol. The van der Waals surface area contributed by atoms with Gasteiger partial charge in [-0.05, 0) is 128 Å². The lowest BCUT2D eigenvalue weighted by atomic mass is 9.85. The van der Waals surface area contributed by atoms with Gasteiger partial charge < -0.3 is 4.42 Å². The molecular formula is C56H32O. The minimum atomic E-state index is 0.891. The third-order valence-corrected chi connectivity index (χ3v) is 12.6. The van der Waals surface area contributed by atoms with E-state index in [2.05, 4.69) is 194 Å². The highest BCUT2D eigenvalue weighted by molar-refractivity contribution is 6.29. The molecule has 0 unspecified atom stereocenters. The van der Waals surface area contributed by atoms with Crippen LogP contribution in [0.1, 0.15) is 0 Å². The number of rotatable bonds is 3. The first-order chi connectivity index (χ1) is 28.3. The molecule has 0 fully saturated rings. The molecule has 0 saturated heterocycles. The molecule has 0 spiro atoms. The van der Waals surface area contributed by atoms with Crippen LogP contribution in [0.3, 0.4) is 0 Å². The molecule has 57 heavy (non-hydrogen) atoms. The Bertz CT molecular complexity index is 3780. The van der Waals surface area contributed by atoms with Gasteiger partial charge in [-0.3, -0.25) is 0 Å². The smallest absolute Gasteiger partial charge is 0.143 e. The summed E-state index contributed by atoms with van der Waals surface area (Å²) >= 11 is 0. The first-order valence-electron chi connectivity index (χ1n) is 19.7. The molecule has 0 amide bonds.